The van der Waals surface area contributed by atoms with Gasteiger partial charge in [0.05, 0.1) is 0 Å². The molecule has 1 unspecified atom stereocenters. The Bertz CT molecular complexity index is 457. The number of rotatable bonds is 36. The van der Waals surface area contributed by atoms with Gasteiger partial charge in [-0.3, -0.25) is 0 Å². The van der Waals surface area contributed by atoms with E-state index in [2.05, 4.69) is 18.7 Å². The van der Waals surface area contributed by atoms with Crippen LogP contribution in [0.3, 0.4) is 0 Å². The van der Waals surface area contributed by atoms with Gasteiger partial charge >= 0.3 is 0 Å². The Morgan fingerprint density at radius 1 is 0.349 bits per heavy atom. The van der Waals surface area contributed by atoms with Gasteiger partial charge in [0.15, 0.2) is 0 Å². The van der Waals surface area contributed by atoms with Gasteiger partial charge in [-0.2, -0.15) is 0 Å². The van der Waals surface area contributed by atoms with Gasteiger partial charge in [-0.15, -0.1) is 0 Å². The summed E-state index contributed by atoms with van der Waals surface area (Å²) in [6, 6.07) is 0. The highest BCUT2D eigenvalue weighted by molar-refractivity contribution is 4.75. The van der Waals surface area contributed by atoms with Crippen LogP contribution in [0.4, 0.5) is 0 Å². The molecule has 0 spiro atoms. The number of hydrogen-bond donors (Lipinski definition) is 0. The van der Waals surface area contributed by atoms with Crippen molar-refractivity contribution in [2.45, 2.75) is 245 Å². The summed E-state index contributed by atoms with van der Waals surface area (Å²) < 4.78 is 0. The molecule has 43 heavy (non-hydrogen) atoms. The molecule has 0 amide bonds. The topological polar surface area (TPSA) is 3.24 Å². The van der Waals surface area contributed by atoms with Crippen LogP contribution in [0.25, 0.3) is 0 Å². The van der Waals surface area contributed by atoms with E-state index in [0.717, 1.165) is 5.92 Å². The Hall–Kier alpha value is -0.0400. The molecule has 1 heteroatoms. The lowest BCUT2D eigenvalue weighted by atomic mass is 9.99. The molecule has 0 aromatic rings. The highest BCUT2D eigenvalue weighted by Gasteiger charge is 2.21. The first-order chi connectivity index (χ1) is 21.4. The summed E-state index contributed by atoms with van der Waals surface area (Å²) in [6.45, 7) is 8.81. The van der Waals surface area contributed by atoms with Crippen molar-refractivity contribution < 1.29 is 0 Å². The molecule has 1 rings (SSSR count). The van der Waals surface area contributed by atoms with Crippen molar-refractivity contribution in [3.8, 4) is 0 Å². The summed E-state index contributed by atoms with van der Waals surface area (Å²) in [7, 11) is 0. The minimum Gasteiger partial charge on any atom is -0.303 e. The third-order valence-corrected chi connectivity index (χ3v) is 10.7. The molecule has 0 N–H and O–H groups in total. The van der Waals surface area contributed by atoms with E-state index in [1.165, 1.54) is 251 Å². The molecule has 258 valence electrons. The molecule has 0 bridgehead atoms. The Kier molecular flexibility index (Phi) is 33.2. The quantitative estimate of drug-likeness (QED) is 0.0644. The lowest BCUT2D eigenvalue weighted by Crippen LogP contribution is -2.21. The van der Waals surface area contributed by atoms with E-state index in [1.54, 1.807) is 0 Å². The van der Waals surface area contributed by atoms with Crippen LogP contribution in [-0.2, 0) is 0 Å². The zero-order valence-corrected chi connectivity index (χ0v) is 30.6. The standard InChI is InChI=1S/C42H85N/c1-3-5-7-9-11-13-15-17-19-21-23-25-27-29-31-33-35-37-42-38-40-43(41-42)39-36-34-32-30-28-26-24-22-20-18-16-14-12-10-8-6-4-2/h42H,3-41H2,1-2H3. The van der Waals surface area contributed by atoms with Crippen LogP contribution in [0.15, 0.2) is 0 Å². The van der Waals surface area contributed by atoms with E-state index in [0.29, 0.717) is 0 Å². The largest absolute Gasteiger partial charge is 0.303 e. The minimum atomic E-state index is 1.02. The van der Waals surface area contributed by atoms with Gasteiger partial charge < -0.3 is 4.90 Å². The average molecular weight is 604 g/mol. The number of nitrogens with zero attached hydrogens (tertiary/aromatic N) is 1. The third kappa shape index (κ3) is 30.4. The molecule has 1 atom stereocenters. The molecule has 1 saturated heterocycles. The first-order valence-electron chi connectivity index (χ1n) is 21.1. The molecule has 1 aliphatic heterocycles. The second kappa shape index (κ2) is 34.8. The van der Waals surface area contributed by atoms with Crippen molar-refractivity contribution >= 4 is 0 Å². The van der Waals surface area contributed by atoms with Crippen LogP contribution in [0.2, 0.25) is 0 Å². The molecule has 0 radical (unpaired) electrons. The zero-order valence-electron chi connectivity index (χ0n) is 30.6. The maximum Gasteiger partial charge on any atom is 0.00101 e. The van der Waals surface area contributed by atoms with Gasteiger partial charge in [0.25, 0.3) is 0 Å². The third-order valence-electron chi connectivity index (χ3n) is 10.7. The second-order valence-electron chi connectivity index (χ2n) is 15.1. The van der Waals surface area contributed by atoms with Gasteiger partial charge in [-0.05, 0) is 38.3 Å². The fraction of sp³-hybridized carbons (Fsp3) is 1.00. The minimum absolute atomic E-state index is 1.02. The molecular weight excluding hydrogens is 518 g/mol. The lowest BCUT2D eigenvalue weighted by Gasteiger charge is -2.16. The average Bonchev–Trinajstić information content (AvgIpc) is 3.47. The van der Waals surface area contributed by atoms with E-state index < -0.39 is 0 Å². The van der Waals surface area contributed by atoms with E-state index in [1.807, 2.05) is 0 Å². The maximum absolute atomic E-state index is 2.80. The molecule has 0 aromatic heterocycles. The molecule has 0 saturated carbocycles. The van der Waals surface area contributed by atoms with Crippen LogP contribution >= 0.6 is 0 Å². The number of hydrogen-bond acceptors (Lipinski definition) is 1. The summed E-state index contributed by atoms with van der Waals surface area (Å²) in [6.07, 6.45) is 53.2. The van der Waals surface area contributed by atoms with E-state index >= 15 is 0 Å². The summed E-state index contributed by atoms with van der Waals surface area (Å²) in [5.74, 6) is 1.02. The van der Waals surface area contributed by atoms with Crippen LogP contribution < -0.4 is 0 Å². The predicted molar refractivity (Wildman–Crippen MR) is 197 cm³/mol. The molecule has 0 aliphatic carbocycles. The van der Waals surface area contributed by atoms with Gasteiger partial charge in [0, 0.05) is 6.54 Å². The van der Waals surface area contributed by atoms with Crippen LogP contribution in [-0.4, -0.2) is 24.5 Å². The smallest absolute Gasteiger partial charge is 0.00101 e. The van der Waals surface area contributed by atoms with Gasteiger partial charge in [-0.1, -0.05) is 226 Å². The monoisotopic (exact) mass is 604 g/mol. The Morgan fingerprint density at radius 3 is 0.953 bits per heavy atom. The Labute approximate surface area is 274 Å². The first kappa shape index (κ1) is 41.0. The highest BCUT2D eigenvalue weighted by Crippen LogP contribution is 2.23. The van der Waals surface area contributed by atoms with Gasteiger partial charge in [0.1, 0.15) is 0 Å². The van der Waals surface area contributed by atoms with Gasteiger partial charge in [0.2, 0.25) is 0 Å². The van der Waals surface area contributed by atoms with Crippen molar-refractivity contribution in [2.24, 2.45) is 5.92 Å². The molecule has 1 nitrogen and oxygen atoms in total. The van der Waals surface area contributed by atoms with Crippen molar-refractivity contribution in [3.05, 3.63) is 0 Å². The zero-order chi connectivity index (χ0) is 30.7. The normalized spacial score (nSPS) is 15.6. The van der Waals surface area contributed by atoms with E-state index in [4.69, 9.17) is 0 Å². The molecule has 1 fully saturated rings. The lowest BCUT2D eigenvalue weighted by molar-refractivity contribution is 0.309. The Balaban J connectivity index is 1.72. The maximum atomic E-state index is 2.80. The van der Waals surface area contributed by atoms with Crippen molar-refractivity contribution in [1.29, 1.82) is 0 Å². The van der Waals surface area contributed by atoms with Crippen LogP contribution in [0.5, 0.6) is 0 Å². The van der Waals surface area contributed by atoms with Crippen molar-refractivity contribution in [3.63, 3.8) is 0 Å². The summed E-state index contributed by atoms with van der Waals surface area (Å²) in [5.41, 5.74) is 0. The first-order valence-corrected chi connectivity index (χ1v) is 21.1. The predicted octanol–water partition coefficient (Wildman–Crippen LogP) is 15.0. The van der Waals surface area contributed by atoms with Crippen molar-refractivity contribution in [1.82, 2.24) is 4.90 Å². The SMILES string of the molecule is CCCCCCCCCCCCCCCCCCCC1CCN(CCCCCCCCCCCCCCCCCCC)C1. The van der Waals surface area contributed by atoms with Crippen molar-refractivity contribution in [2.75, 3.05) is 19.6 Å². The molecular formula is C42H85N. The molecule has 0 aromatic carbocycles. The summed E-state index contributed by atoms with van der Waals surface area (Å²) in [5, 5.41) is 0. The van der Waals surface area contributed by atoms with Crippen LogP contribution in [0, 0.1) is 5.92 Å². The van der Waals surface area contributed by atoms with Crippen LogP contribution in [0.1, 0.15) is 245 Å². The molecule has 1 aliphatic rings. The van der Waals surface area contributed by atoms with E-state index in [-0.39, 0.29) is 0 Å². The summed E-state index contributed by atoms with van der Waals surface area (Å²) in [4.78, 5) is 2.80. The fourth-order valence-electron chi connectivity index (χ4n) is 7.57. The van der Waals surface area contributed by atoms with E-state index in [9.17, 15) is 0 Å². The summed E-state index contributed by atoms with van der Waals surface area (Å²) >= 11 is 0. The highest BCUT2D eigenvalue weighted by atomic mass is 15.1. The number of likely N-dealkylation sites (tertiary alicyclic amines) is 1. The second-order valence-corrected chi connectivity index (χ2v) is 15.1. The molecule has 1 heterocycles. The fourth-order valence-corrected chi connectivity index (χ4v) is 7.57. The van der Waals surface area contributed by atoms with Gasteiger partial charge in [-0.25, -0.2) is 0 Å². The number of unbranched alkanes of at least 4 members (excludes halogenated alkanes) is 32. The Morgan fingerprint density at radius 2 is 0.628 bits per heavy atom.